The molecule has 0 aliphatic rings. The molecule has 0 saturated heterocycles. The number of nitrogens with two attached hydrogens (primary N) is 1. The molecule has 0 aliphatic heterocycles. The second kappa shape index (κ2) is 5.97. The van der Waals surface area contributed by atoms with Crippen LogP contribution in [0, 0.1) is 0 Å². The molecule has 3 nitrogen and oxygen atoms in total. The van der Waals surface area contributed by atoms with Crippen LogP contribution in [0.25, 0.3) is 0 Å². The molecule has 3 heteroatoms. The van der Waals surface area contributed by atoms with Crippen molar-refractivity contribution >= 4 is 12.0 Å². The Morgan fingerprint density at radius 3 is 2.17 bits per heavy atom. The Morgan fingerprint density at radius 2 is 1.92 bits per heavy atom. The molecule has 0 aromatic heterocycles. The number of aromatic hydroxyl groups is 1. The van der Waals surface area contributed by atoms with Crippen LogP contribution < -0.4 is 5.73 Å². The smallest absolute Gasteiger partial charge is 0.142 e. The van der Waals surface area contributed by atoms with Crippen LogP contribution in [0.4, 0.5) is 5.69 Å². The number of anilines is 1. The molecule has 0 aliphatic carbocycles. The van der Waals surface area contributed by atoms with E-state index >= 15 is 0 Å². The molecule has 0 amide bonds. The minimum absolute atomic E-state index is 0.146. The Kier molecular flexibility index (Phi) is 5.09. The highest BCUT2D eigenvalue weighted by molar-refractivity contribution is 5.63. The monoisotopic (exact) mass is 165 g/mol. The maximum atomic E-state index is 9.06. The number of hydrogen-bond acceptors (Lipinski definition) is 3. The van der Waals surface area contributed by atoms with Gasteiger partial charge in [-0.15, -0.1) is 0 Å². The molecule has 0 heterocycles. The second-order valence-corrected chi connectivity index (χ2v) is 1.93. The first-order valence-electron chi connectivity index (χ1n) is 3.32. The fourth-order valence-corrected chi connectivity index (χ4v) is 0.488. The first-order valence-corrected chi connectivity index (χ1v) is 3.32. The van der Waals surface area contributed by atoms with E-state index in [1.54, 1.807) is 24.3 Å². The Morgan fingerprint density at radius 1 is 1.42 bits per heavy atom. The van der Waals surface area contributed by atoms with Gasteiger partial charge >= 0.3 is 0 Å². The quantitative estimate of drug-likeness (QED) is 0.286. The molecule has 0 fully saturated rings. The largest absolute Gasteiger partial charge is 0.506 e. The molecular formula is C9H11NO2. The third-order valence-electron chi connectivity index (χ3n) is 1.03. The number of hydrogen-bond donors (Lipinski definition) is 2. The van der Waals surface area contributed by atoms with Gasteiger partial charge < -0.3 is 10.8 Å². The number of nitrogen functional groups attached to an aromatic ring is 1. The van der Waals surface area contributed by atoms with Crippen LogP contribution in [-0.4, -0.2) is 11.4 Å². The van der Waals surface area contributed by atoms with Crippen molar-refractivity contribution in [1.29, 1.82) is 0 Å². The SMILES string of the molecule is C=CC=O.Nc1ccccc1O. The number of carbonyl (C=O) groups excluding carboxylic acids is 1. The molecule has 0 bridgehead atoms. The normalized spacial score (nSPS) is 7.67. The predicted octanol–water partition coefficient (Wildman–Crippen LogP) is 1.35. The van der Waals surface area contributed by atoms with Gasteiger partial charge in [0.25, 0.3) is 0 Å². The lowest BCUT2D eigenvalue weighted by Gasteiger charge is -1.92. The predicted molar refractivity (Wildman–Crippen MR) is 48.8 cm³/mol. The summed E-state index contributed by atoms with van der Waals surface area (Å²) in [6, 6.07) is 6.70. The number of para-hydroxylation sites is 2. The molecule has 0 radical (unpaired) electrons. The van der Waals surface area contributed by atoms with Crippen LogP contribution in [0.3, 0.4) is 0 Å². The van der Waals surface area contributed by atoms with E-state index in [0.717, 1.165) is 0 Å². The molecule has 1 rings (SSSR count). The van der Waals surface area contributed by atoms with Crippen LogP contribution in [0.5, 0.6) is 5.75 Å². The average molecular weight is 165 g/mol. The van der Waals surface area contributed by atoms with Crippen LogP contribution in [-0.2, 0) is 4.79 Å². The Hall–Kier alpha value is -1.77. The third-order valence-corrected chi connectivity index (χ3v) is 1.03. The van der Waals surface area contributed by atoms with E-state index in [1.807, 2.05) is 0 Å². The van der Waals surface area contributed by atoms with Crippen molar-refractivity contribution in [2.75, 3.05) is 5.73 Å². The highest BCUT2D eigenvalue weighted by Gasteiger charge is 1.87. The second-order valence-electron chi connectivity index (χ2n) is 1.93. The van der Waals surface area contributed by atoms with Crippen LogP contribution in [0.1, 0.15) is 0 Å². The molecule has 12 heavy (non-hydrogen) atoms. The van der Waals surface area contributed by atoms with Crippen molar-refractivity contribution in [2.24, 2.45) is 0 Å². The highest BCUT2D eigenvalue weighted by Crippen LogP contribution is 2.16. The van der Waals surface area contributed by atoms with Crippen LogP contribution >= 0.6 is 0 Å². The highest BCUT2D eigenvalue weighted by atomic mass is 16.3. The Labute approximate surface area is 71.1 Å². The molecule has 1 aromatic carbocycles. The molecule has 0 spiro atoms. The standard InChI is InChI=1S/C6H7NO.C3H4O/c7-5-3-1-2-4-6(5)8;1-2-3-4/h1-4,8H,7H2;2-3H,1H2. The van der Waals surface area contributed by atoms with E-state index in [1.165, 1.54) is 6.08 Å². The molecule has 1 aromatic rings. The lowest BCUT2D eigenvalue weighted by molar-refractivity contribution is -0.104. The summed E-state index contributed by atoms with van der Waals surface area (Å²) in [5, 5.41) is 8.79. The number of phenolic OH excluding ortho intramolecular Hbond substituents is 1. The van der Waals surface area contributed by atoms with Gasteiger partial charge in [0, 0.05) is 0 Å². The number of phenols is 1. The maximum Gasteiger partial charge on any atom is 0.142 e. The van der Waals surface area contributed by atoms with Gasteiger partial charge in [0.15, 0.2) is 0 Å². The number of rotatable bonds is 1. The number of aldehydes is 1. The molecule has 0 saturated carbocycles. The summed E-state index contributed by atoms with van der Waals surface area (Å²) in [6.07, 6.45) is 1.83. The van der Waals surface area contributed by atoms with E-state index in [4.69, 9.17) is 15.6 Å². The maximum absolute atomic E-state index is 9.06. The van der Waals surface area contributed by atoms with Gasteiger partial charge in [-0.1, -0.05) is 18.7 Å². The summed E-state index contributed by atoms with van der Waals surface area (Å²) in [7, 11) is 0. The van der Waals surface area contributed by atoms with E-state index < -0.39 is 0 Å². The lowest BCUT2D eigenvalue weighted by Crippen LogP contribution is -1.82. The van der Waals surface area contributed by atoms with Gasteiger partial charge in [0.05, 0.1) is 5.69 Å². The molecule has 3 N–H and O–H groups in total. The number of allylic oxidation sites excluding steroid dienone is 1. The summed E-state index contributed by atoms with van der Waals surface area (Å²) in [5.74, 6) is 0.146. The Balaban J connectivity index is 0.000000261. The topological polar surface area (TPSA) is 63.3 Å². The summed E-state index contributed by atoms with van der Waals surface area (Å²) in [4.78, 5) is 9.06. The van der Waals surface area contributed by atoms with Crippen molar-refractivity contribution in [2.45, 2.75) is 0 Å². The number of benzene rings is 1. The van der Waals surface area contributed by atoms with Crippen molar-refractivity contribution in [1.82, 2.24) is 0 Å². The zero-order chi connectivity index (χ0) is 9.40. The molecular weight excluding hydrogens is 154 g/mol. The molecule has 64 valence electrons. The van der Waals surface area contributed by atoms with Crippen molar-refractivity contribution < 1.29 is 9.90 Å². The number of carbonyl (C=O) groups is 1. The van der Waals surface area contributed by atoms with Gasteiger partial charge in [-0.2, -0.15) is 0 Å². The minimum atomic E-state index is 0.146. The van der Waals surface area contributed by atoms with Crippen molar-refractivity contribution in [3.8, 4) is 5.75 Å². The lowest BCUT2D eigenvalue weighted by atomic mass is 10.3. The van der Waals surface area contributed by atoms with Gasteiger partial charge in [-0.25, -0.2) is 0 Å². The van der Waals surface area contributed by atoms with Crippen molar-refractivity contribution in [3.63, 3.8) is 0 Å². The van der Waals surface area contributed by atoms with Crippen molar-refractivity contribution in [3.05, 3.63) is 36.9 Å². The fourth-order valence-electron chi connectivity index (χ4n) is 0.488. The van der Waals surface area contributed by atoms with Crippen LogP contribution in [0.15, 0.2) is 36.9 Å². The molecule has 0 atom stereocenters. The summed E-state index contributed by atoms with van der Waals surface area (Å²) >= 11 is 0. The van der Waals surface area contributed by atoms with Crippen LogP contribution in [0.2, 0.25) is 0 Å². The first-order chi connectivity index (χ1) is 5.72. The van der Waals surface area contributed by atoms with Gasteiger partial charge in [-0.05, 0) is 18.2 Å². The zero-order valence-corrected chi connectivity index (χ0v) is 6.60. The Bertz CT molecular complexity index is 231. The summed E-state index contributed by atoms with van der Waals surface area (Å²) < 4.78 is 0. The zero-order valence-electron chi connectivity index (χ0n) is 6.60. The average Bonchev–Trinajstić information content (AvgIpc) is 2.11. The van der Waals surface area contributed by atoms with E-state index in [0.29, 0.717) is 12.0 Å². The minimum Gasteiger partial charge on any atom is -0.506 e. The van der Waals surface area contributed by atoms with Gasteiger partial charge in [0.2, 0.25) is 0 Å². The van der Waals surface area contributed by atoms with E-state index in [-0.39, 0.29) is 5.75 Å². The van der Waals surface area contributed by atoms with E-state index in [9.17, 15) is 0 Å². The summed E-state index contributed by atoms with van der Waals surface area (Å²) in [6.45, 7) is 3.11. The van der Waals surface area contributed by atoms with Gasteiger partial charge in [-0.3, -0.25) is 4.79 Å². The third kappa shape index (κ3) is 4.11. The van der Waals surface area contributed by atoms with Gasteiger partial charge in [0.1, 0.15) is 12.0 Å². The van der Waals surface area contributed by atoms with E-state index in [2.05, 4.69) is 6.58 Å². The first kappa shape index (κ1) is 10.2. The summed E-state index contributed by atoms with van der Waals surface area (Å²) in [5.41, 5.74) is 5.69. The fraction of sp³-hybridized carbons (Fsp3) is 0. The molecule has 0 unspecified atom stereocenters.